The van der Waals surface area contributed by atoms with Gasteiger partial charge < -0.3 is 14.7 Å². The number of anilines is 1. The molecule has 130 valence electrons. The van der Waals surface area contributed by atoms with Crippen LogP contribution in [0.2, 0.25) is 0 Å². The van der Waals surface area contributed by atoms with Gasteiger partial charge in [-0.05, 0) is 25.5 Å². The molecule has 0 radical (unpaired) electrons. The molecule has 1 aromatic rings. The molecule has 1 N–H and O–H groups in total. The predicted molar refractivity (Wildman–Crippen MR) is 88.5 cm³/mol. The Bertz CT molecular complexity index is 819. The Morgan fingerprint density at radius 2 is 2.16 bits per heavy atom. The Morgan fingerprint density at radius 3 is 2.80 bits per heavy atom. The van der Waals surface area contributed by atoms with Crippen molar-refractivity contribution in [1.82, 2.24) is 0 Å². The first-order chi connectivity index (χ1) is 11.9. The Hall–Kier alpha value is -2.47. The number of benzene rings is 1. The Morgan fingerprint density at radius 1 is 1.44 bits per heavy atom. The third-order valence-electron chi connectivity index (χ3n) is 5.36. The lowest BCUT2D eigenvalue weighted by Gasteiger charge is -2.33. The normalized spacial score (nSPS) is 35.3. The Labute approximate surface area is 144 Å². The quantitative estimate of drug-likeness (QED) is 0.853. The van der Waals surface area contributed by atoms with Crippen LogP contribution < -0.4 is 4.90 Å². The zero-order chi connectivity index (χ0) is 17.9. The van der Waals surface area contributed by atoms with Crippen molar-refractivity contribution in [2.24, 2.45) is 11.8 Å². The SMILES string of the molecule is C=C(C)C[C@H]1N(c2ccccc2F)C(=O)[C@H]2[C@H](C(=O)O)[C@@H]3C=C[C@]21O3. The first kappa shape index (κ1) is 16.0. The molecule has 6 heteroatoms. The fourth-order valence-electron chi connectivity index (χ4n) is 4.45. The highest BCUT2D eigenvalue weighted by atomic mass is 19.1. The molecular formula is C19H18FNO4. The summed E-state index contributed by atoms with van der Waals surface area (Å²) in [5, 5.41) is 9.60. The molecule has 3 aliphatic rings. The van der Waals surface area contributed by atoms with Crippen molar-refractivity contribution < 1.29 is 23.8 Å². The van der Waals surface area contributed by atoms with E-state index in [4.69, 9.17) is 4.74 Å². The van der Waals surface area contributed by atoms with E-state index in [1.54, 1.807) is 24.3 Å². The van der Waals surface area contributed by atoms with Gasteiger partial charge in [0.25, 0.3) is 0 Å². The summed E-state index contributed by atoms with van der Waals surface area (Å²) < 4.78 is 20.4. The number of hydrogen-bond acceptors (Lipinski definition) is 3. The van der Waals surface area contributed by atoms with Gasteiger partial charge in [-0.1, -0.05) is 29.9 Å². The molecule has 0 unspecified atom stereocenters. The van der Waals surface area contributed by atoms with Gasteiger partial charge in [0.1, 0.15) is 17.3 Å². The minimum atomic E-state index is -1.07. The molecule has 25 heavy (non-hydrogen) atoms. The molecule has 3 heterocycles. The lowest BCUT2D eigenvalue weighted by Crippen LogP contribution is -2.45. The van der Waals surface area contributed by atoms with Crippen molar-refractivity contribution in [3.05, 3.63) is 54.4 Å². The maximum Gasteiger partial charge on any atom is 0.310 e. The number of hydrogen-bond donors (Lipinski definition) is 1. The summed E-state index contributed by atoms with van der Waals surface area (Å²) in [6.45, 7) is 5.74. The van der Waals surface area contributed by atoms with Crippen LogP contribution >= 0.6 is 0 Å². The van der Waals surface area contributed by atoms with E-state index in [0.717, 1.165) is 5.57 Å². The van der Waals surface area contributed by atoms with Crippen LogP contribution in [-0.2, 0) is 14.3 Å². The van der Waals surface area contributed by atoms with Gasteiger partial charge in [-0.25, -0.2) is 4.39 Å². The average Bonchev–Trinajstić information content (AvgIpc) is 3.18. The zero-order valence-corrected chi connectivity index (χ0v) is 13.7. The van der Waals surface area contributed by atoms with Gasteiger partial charge in [0.2, 0.25) is 5.91 Å². The highest BCUT2D eigenvalue weighted by Crippen LogP contribution is 2.56. The second-order valence-electron chi connectivity index (χ2n) is 6.97. The smallest absolute Gasteiger partial charge is 0.310 e. The van der Waals surface area contributed by atoms with Crippen LogP contribution in [0.15, 0.2) is 48.6 Å². The van der Waals surface area contributed by atoms with Gasteiger partial charge in [-0.2, -0.15) is 0 Å². The number of nitrogens with zero attached hydrogens (tertiary/aromatic N) is 1. The van der Waals surface area contributed by atoms with E-state index < -0.39 is 47.3 Å². The summed E-state index contributed by atoms with van der Waals surface area (Å²) in [4.78, 5) is 26.3. The molecule has 1 amide bonds. The van der Waals surface area contributed by atoms with Gasteiger partial charge in [-0.15, -0.1) is 6.58 Å². The zero-order valence-electron chi connectivity index (χ0n) is 13.7. The van der Waals surface area contributed by atoms with Gasteiger partial charge in [-0.3, -0.25) is 9.59 Å². The lowest BCUT2D eigenvalue weighted by atomic mass is 9.74. The molecule has 3 aliphatic heterocycles. The van der Waals surface area contributed by atoms with E-state index in [1.807, 2.05) is 6.92 Å². The number of aliphatic carboxylic acids is 1. The summed E-state index contributed by atoms with van der Waals surface area (Å²) in [6.07, 6.45) is 3.27. The van der Waals surface area contributed by atoms with Gasteiger partial charge >= 0.3 is 5.97 Å². The van der Waals surface area contributed by atoms with Crippen molar-refractivity contribution in [3.8, 4) is 0 Å². The fraction of sp³-hybridized carbons (Fsp3) is 0.368. The largest absolute Gasteiger partial charge is 0.481 e. The number of carboxylic acids is 1. The van der Waals surface area contributed by atoms with Crippen molar-refractivity contribution in [2.75, 3.05) is 4.90 Å². The number of ether oxygens (including phenoxy) is 1. The third kappa shape index (κ3) is 2.03. The monoisotopic (exact) mass is 343 g/mol. The molecule has 2 bridgehead atoms. The molecule has 4 rings (SSSR count). The fourth-order valence-corrected chi connectivity index (χ4v) is 4.45. The molecule has 2 saturated heterocycles. The number of carbonyl (C=O) groups excluding carboxylic acids is 1. The predicted octanol–water partition coefficient (Wildman–Crippen LogP) is 2.53. The van der Waals surface area contributed by atoms with E-state index in [9.17, 15) is 19.1 Å². The maximum absolute atomic E-state index is 14.4. The Kier molecular flexibility index (Phi) is 3.37. The average molecular weight is 343 g/mol. The summed E-state index contributed by atoms with van der Waals surface area (Å²) >= 11 is 0. The van der Waals surface area contributed by atoms with E-state index in [0.29, 0.717) is 6.42 Å². The number of carbonyl (C=O) groups is 2. The van der Waals surface area contributed by atoms with Crippen LogP contribution in [0.4, 0.5) is 10.1 Å². The van der Waals surface area contributed by atoms with Gasteiger partial charge in [0, 0.05) is 0 Å². The summed E-state index contributed by atoms with van der Waals surface area (Å²) in [7, 11) is 0. The van der Waals surface area contributed by atoms with Crippen LogP contribution in [0.25, 0.3) is 0 Å². The second kappa shape index (κ2) is 5.26. The number of halogens is 1. The van der Waals surface area contributed by atoms with E-state index >= 15 is 0 Å². The van der Waals surface area contributed by atoms with Crippen LogP contribution in [0.3, 0.4) is 0 Å². The molecule has 0 aliphatic carbocycles. The molecule has 5 atom stereocenters. The number of para-hydroxylation sites is 1. The molecular weight excluding hydrogens is 325 g/mol. The number of rotatable bonds is 4. The van der Waals surface area contributed by atoms with Gasteiger partial charge in [0.05, 0.1) is 23.8 Å². The third-order valence-corrected chi connectivity index (χ3v) is 5.36. The standard InChI is InChI=1S/C19H18FNO4/c1-10(2)9-14-19-8-7-13(25-19)15(18(23)24)16(19)17(22)21(14)12-6-4-3-5-11(12)20/h3-8,13-16H,1,9H2,2H3,(H,23,24)/t13-,14+,15+,16+,19+/m0/s1. The van der Waals surface area contributed by atoms with E-state index in [-0.39, 0.29) is 5.69 Å². The highest BCUT2D eigenvalue weighted by Gasteiger charge is 2.71. The van der Waals surface area contributed by atoms with Crippen LogP contribution in [0, 0.1) is 17.7 Å². The van der Waals surface area contributed by atoms with E-state index in [2.05, 4.69) is 6.58 Å². The minimum Gasteiger partial charge on any atom is -0.481 e. The molecule has 2 fully saturated rings. The molecule has 1 spiro atoms. The van der Waals surface area contributed by atoms with Crippen molar-refractivity contribution in [1.29, 1.82) is 0 Å². The first-order valence-corrected chi connectivity index (χ1v) is 8.19. The summed E-state index contributed by atoms with van der Waals surface area (Å²) in [5.74, 6) is -3.81. The van der Waals surface area contributed by atoms with Crippen LogP contribution in [-0.4, -0.2) is 34.7 Å². The lowest BCUT2D eigenvalue weighted by molar-refractivity contribution is -0.146. The van der Waals surface area contributed by atoms with Crippen molar-refractivity contribution >= 4 is 17.6 Å². The van der Waals surface area contributed by atoms with Gasteiger partial charge in [0.15, 0.2) is 0 Å². The summed E-state index contributed by atoms with van der Waals surface area (Å²) in [5.41, 5.74) is -0.0908. The Balaban J connectivity index is 1.87. The topological polar surface area (TPSA) is 66.8 Å². The molecule has 1 aromatic carbocycles. The summed E-state index contributed by atoms with van der Waals surface area (Å²) in [6, 6.07) is 5.49. The highest BCUT2D eigenvalue weighted by molar-refractivity contribution is 6.03. The van der Waals surface area contributed by atoms with Crippen LogP contribution in [0.1, 0.15) is 13.3 Å². The second-order valence-corrected chi connectivity index (χ2v) is 6.97. The molecule has 5 nitrogen and oxygen atoms in total. The number of amides is 1. The van der Waals surface area contributed by atoms with E-state index in [1.165, 1.54) is 17.0 Å². The number of fused-ring (bicyclic) bond motifs is 1. The first-order valence-electron chi connectivity index (χ1n) is 8.19. The molecule has 0 saturated carbocycles. The van der Waals surface area contributed by atoms with Crippen molar-refractivity contribution in [3.63, 3.8) is 0 Å². The minimum absolute atomic E-state index is 0.145. The molecule has 0 aromatic heterocycles. The maximum atomic E-state index is 14.4. The van der Waals surface area contributed by atoms with Crippen LogP contribution in [0.5, 0.6) is 0 Å². The van der Waals surface area contributed by atoms with Crippen molar-refractivity contribution in [2.45, 2.75) is 31.1 Å². The number of carboxylic acid groups (broad SMARTS) is 1.